The minimum atomic E-state index is -0.318. The van der Waals surface area contributed by atoms with Crippen molar-refractivity contribution in [3.63, 3.8) is 0 Å². The van der Waals surface area contributed by atoms with Crippen LogP contribution < -0.4 is 0 Å². The minimum Gasteiger partial charge on any atom is -0.456 e. The maximum atomic E-state index is 6.32. The van der Waals surface area contributed by atoms with Crippen molar-refractivity contribution in [2.45, 2.75) is 19.3 Å². The van der Waals surface area contributed by atoms with Crippen molar-refractivity contribution in [2.75, 3.05) is 0 Å². The van der Waals surface area contributed by atoms with Gasteiger partial charge in [0.2, 0.25) is 0 Å². The summed E-state index contributed by atoms with van der Waals surface area (Å²) in [5, 5.41) is 2.42. The summed E-state index contributed by atoms with van der Waals surface area (Å²) in [5.74, 6) is 0. The lowest BCUT2D eigenvalue weighted by Crippen LogP contribution is -2.26. The molecule has 0 fully saturated rings. The standard InChI is InChI=1S/C33H22O/c1-19-11-13-21-22-14-12-20(2)18-28(22)33(27(21)17-19)25-9-5-3-7-23(25)31-26(33)15-16-30-32(31)24-8-4-6-10-29(24)34-30/h3-18H,1-2H3. The lowest BCUT2D eigenvalue weighted by atomic mass is 9.70. The Morgan fingerprint density at radius 3 is 1.97 bits per heavy atom. The highest BCUT2D eigenvalue weighted by atomic mass is 16.3. The Hall–Kier alpha value is -4.10. The second kappa shape index (κ2) is 6.07. The molecule has 1 aromatic heterocycles. The monoisotopic (exact) mass is 434 g/mol. The number of hydrogen-bond donors (Lipinski definition) is 0. The van der Waals surface area contributed by atoms with Gasteiger partial charge in [-0.05, 0) is 70.5 Å². The van der Waals surface area contributed by atoms with Gasteiger partial charge >= 0.3 is 0 Å². The van der Waals surface area contributed by atoms with Crippen molar-refractivity contribution in [3.05, 3.63) is 130 Å². The predicted octanol–water partition coefficient (Wildman–Crippen LogP) is 8.55. The molecular formula is C33H22O. The third kappa shape index (κ3) is 1.98. The summed E-state index contributed by atoms with van der Waals surface area (Å²) in [6, 6.07) is 35.9. The Kier molecular flexibility index (Phi) is 3.27. The van der Waals surface area contributed by atoms with E-state index < -0.39 is 0 Å². The fourth-order valence-corrected chi connectivity index (χ4v) is 6.71. The molecule has 34 heavy (non-hydrogen) atoms. The molecule has 1 heterocycles. The van der Waals surface area contributed by atoms with Crippen molar-refractivity contribution in [1.82, 2.24) is 0 Å². The molecule has 0 amide bonds. The van der Waals surface area contributed by atoms with Gasteiger partial charge in [-0.25, -0.2) is 0 Å². The molecule has 1 spiro atoms. The van der Waals surface area contributed by atoms with E-state index in [-0.39, 0.29) is 5.41 Å². The molecule has 0 bridgehead atoms. The summed E-state index contributed by atoms with van der Waals surface area (Å²) >= 11 is 0. The van der Waals surface area contributed by atoms with E-state index in [1.807, 2.05) is 0 Å². The van der Waals surface area contributed by atoms with Crippen LogP contribution in [0.2, 0.25) is 0 Å². The minimum absolute atomic E-state index is 0.318. The molecule has 0 radical (unpaired) electrons. The Morgan fingerprint density at radius 2 is 1.21 bits per heavy atom. The maximum absolute atomic E-state index is 6.32. The first-order valence-electron chi connectivity index (χ1n) is 11.9. The molecule has 0 N–H and O–H groups in total. The summed E-state index contributed by atoms with van der Waals surface area (Å²) in [4.78, 5) is 0. The first kappa shape index (κ1) is 18.3. The van der Waals surface area contributed by atoms with Gasteiger partial charge in [0.15, 0.2) is 0 Å². The Labute approximate surface area is 198 Å². The Balaban J connectivity index is 1.64. The number of furan rings is 1. The number of rotatable bonds is 0. The second-order valence-corrected chi connectivity index (χ2v) is 9.85. The number of para-hydroxylation sites is 1. The second-order valence-electron chi connectivity index (χ2n) is 9.85. The van der Waals surface area contributed by atoms with Gasteiger partial charge in [-0.15, -0.1) is 0 Å². The van der Waals surface area contributed by atoms with Crippen molar-refractivity contribution in [1.29, 1.82) is 0 Å². The molecule has 2 aliphatic rings. The van der Waals surface area contributed by atoms with Gasteiger partial charge in [-0.1, -0.05) is 96.1 Å². The highest BCUT2D eigenvalue weighted by molar-refractivity contribution is 6.16. The van der Waals surface area contributed by atoms with Crippen LogP contribution in [0, 0.1) is 13.8 Å². The molecule has 160 valence electrons. The molecule has 0 aliphatic heterocycles. The smallest absolute Gasteiger partial charge is 0.136 e. The van der Waals surface area contributed by atoms with Crippen molar-refractivity contribution < 1.29 is 4.42 Å². The van der Waals surface area contributed by atoms with Crippen molar-refractivity contribution in [3.8, 4) is 22.3 Å². The van der Waals surface area contributed by atoms with Crippen LogP contribution in [0.5, 0.6) is 0 Å². The Morgan fingerprint density at radius 1 is 0.529 bits per heavy atom. The normalized spacial score (nSPS) is 14.4. The zero-order valence-corrected chi connectivity index (χ0v) is 19.1. The molecule has 6 aromatic rings. The van der Waals surface area contributed by atoms with Gasteiger partial charge in [-0.3, -0.25) is 0 Å². The highest BCUT2D eigenvalue weighted by Gasteiger charge is 2.52. The average Bonchev–Trinajstić information content (AvgIpc) is 3.47. The summed E-state index contributed by atoms with van der Waals surface area (Å²) in [6.45, 7) is 4.41. The van der Waals surface area contributed by atoms with E-state index in [1.165, 1.54) is 66.4 Å². The molecule has 0 saturated carbocycles. The lowest BCUT2D eigenvalue weighted by molar-refractivity contribution is 0.668. The first-order valence-corrected chi connectivity index (χ1v) is 11.9. The molecule has 8 rings (SSSR count). The van der Waals surface area contributed by atoms with Crippen LogP contribution in [0.1, 0.15) is 33.4 Å². The van der Waals surface area contributed by atoms with Crippen LogP contribution in [0.4, 0.5) is 0 Å². The third-order valence-corrected chi connectivity index (χ3v) is 8.00. The summed E-state index contributed by atoms with van der Waals surface area (Å²) in [6.07, 6.45) is 0. The molecular weight excluding hydrogens is 412 g/mol. The van der Waals surface area contributed by atoms with E-state index in [9.17, 15) is 0 Å². The number of fused-ring (bicyclic) bond motifs is 14. The molecule has 5 aromatic carbocycles. The number of benzene rings is 5. The van der Waals surface area contributed by atoms with Crippen molar-refractivity contribution in [2.24, 2.45) is 0 Å². The van der Waals surface area contributed by atoms with Gasteiger partial charge in [-0.2, -0.15) is 0 Å². The molecule has 1 nitrogen and oxygen atoms in total. The first-order chi connectivity index (χ1) is 16.7. The van der Waals surface area contributed by atoms with Gasteiger partial charge in [0.1, 0.15) is 11.2 Å². The van der Waals surface area contributed by atoms with Gasteiger partial charge in [0, 0.05) is 10.8 Å². The molecule has 0 saturated heterocycles. The van der Waals surface area contributed by atoms with Crippen LogP contribution in [-0.4, -0.2) is 0 Å². The predicted molar refractivity (Wildman–Crippen MR) is 139 cm³/mol. The van der Waals surface area contributed by atoms with Gasteiger partial charge in [0.25, 0.3) is 0 Å². The van der Waals surface area contributed by atoms with Crippen LogP contribution in [0.15, 0.2) is 101 Å². The highest BCUT2D eigenvalue weighted by Crippen LogP contribution is 2.64. The van der Waals surface area contributed by atoms with E-state index in [0.717, 1.165) is 11.2 Å². The third-order valence-electron chi connectivity index (χ3n) is 8.00. The lowest BCUT2D eigenvalue weighted by Gasteiger charge is -2.30. The fourth-order valence-electron chi connectivity index (χ4n) is 6.71. The van der Waals surface area contributed by atoms with Gasteiger partial charge in [0.05, 0.1) is 5.41 Å². The molecule has 2 aliphatic carbocycles. The van der Waals surface area contributed by atoms with Crippen LogP contribution in [0.3, 0.4) is 0 Å². The van der Waals surface area contributed by atoms with E-state index in [2.05, 4.69) is 111 Å². The van der Waals surface area contributed by atoms with E-state index in [0.29, 0.717) is 0 Å². The number of aryl methyl sites for hydroxylation is 2. The van der Waals surface area contributed by atoms with Crippen LogP contribution >= 0.6 is 0 Å². The van der Waals surface area contributed by atoms with Crippen molar-refractivity contribution >= 4 is 21.9 Å². The fraction of sp³-hybridized carbons (Fsp3) is 0.0909. The van der Waals surface area contributed by atoms with E-state index in [1.54, 1.807) is 0 Å². The van der Waals surface area contributed by atoms with Gasteiger partial charge < -0.3 is 4.42 Å². The molecule has 0 atom stereocenters. The molecule has 0 unspecified atom stereocenters. The Bertz CT molecular complexity index is 1780. The number of hydrogen-bond acceptors (Lipinski definition) is 1. The zero-order valence-electron chi connectivity index (χ0n) is 19.1. The summed E-state index contributed by atoms with van der Waals surface area (Å²) in [7, 11) is 0. The zero-order chi connectivity index (χ0) is 22.6. The largest absolute Gasteiger partial charge is 0.456 e. The maximum Gasteiger partial charge on any atom is 0.136 e. The van der Waals surface area contributed by atoms with E-state index >= 15 is 0 Å². The van der Waals surface area contributed by atoms with Crippen LogP contribution in [-0.2, 0) is 5.41 Å². The quantitative estimate of drug-likeness (QED) is 0.233. The topological polar surface area (TPSA) is 13.1 Å². The van der Waals surface area contributed by atoms with Crippen LogP contribution in [0.25, 0.3) is 44.2 Å². The molecule has 1 heteroatoms. The summed E-state index contributed by atoms with van der Waals surface area (Å²) < 4.78 is 6.32. The summed E-state index contributed by atoms with van der Waals surface area (Å²) in [5.41, 5.74) is 15.0. The SMILES string of the molecule is Cc1ccc2c(c1)C1(c3cc(C)ccc3-2)c2ccccc2-c2c1ccc1oc3ccccc3c21. The van der Waals surface area contributed by atoms with E-state index in [4.69, 9.17) is 4.42 Å². The average molecular weight is 435 g/mol.